The minimum atomic E-state index is -0.779. The van der Waals surface area contributed by atoms with Crippen LogP contribution in [0.25, 0.3) is 0 Å². The Bertz CT molecular complexity index is 429. The average Bonchev–Trinajstić information content (AvgIpc) is 2.27. The molecule has 3 nitrogen and oxygen atoms in total. The van der Waals surface area contributed by atoms with E-state index in [1.807, 2.05) is 18.4 Å². The van der Waals surface area contributed by atoms with Crippen LogP contribution in [0.4, 0.5) is 5.69 Å². The lowest BCUT2D eigenvalue weighted by atomic mass is 10.1. The van der Waals surface area contributed by atoms with E-state index < -0.39 is 5.60 Å². The maximum Gasteiger partial charge on any atom is 0.101 e. The van der Waals surface area contributed by atoms with E-state index in [-0.39, 0.29) is 0 Å². The molecule has 1 aromatic rings. The van der Waals surface area contributed by atoms with Crippen LogP contribution in [0.15, 0.2) is 22.7 Å². The van der Waals surface area contributed by atoms with Crippen LogP contribution in [0.1, 0.15) is 12.5 Å². The highest BCUT2D eigenvalue weighted by atomic mass is 79.9. The van der Waals surface area contributed by atoms with Gasteiger partial charge in [-0.25, -0.2) is 0 Å². The lowest BCUT2D eigenvalue weighted by Gasteiger charge is -2.23. The molecule has 0 spiro atoms. The Morgan fingerprint density at radius 1 is 1.59 bits per heavy atom. The monoisotopic (exact) mass is 314 g/mol. The summed E-state index contributed by atoms with van der Waals surface area (Å²) in [5, 5.41) is 22.1. The first kappa shape index (κ1) is 14.4. The predicted octanol–water partition coefficient (Wildman–Crippen LogP) is 2.85. The molecule has 0 radical (unpaired) electrons. The van der Waals surface area contributed by atoms with E-state index in [1.165, 1.54) is 0 Å². The fourth-order valence-electron chi connectivity index (χ4n) is 1.41. The van der Waals surface area contributed by atoms with Gasteiger partial charge in [0.1, 0.15) is 6.07 Å². The first-order valence-corrected chi connectivity index (χ1v) is 7.32. The fourth-order valence-corrected chi connectivity index (χ4v) is 2.50. The molecule has 0 heterocycles. The first-order valence-electron chi connectivity index (χ1n) is 5.13. The van der Waals surface area contributed by atoms with Gasteiger partial charge >= 0.3 is 0 Å². The molecule has 0 aromatic heterocycles. The van der Waals surface area contributed by atoms with Crippen molar-refractivity contribution in [1.82, 2.24) is 0 Å². The molecule has 17 heavy (non-hydrogen) atoms. The Balaban J connectivity index is 2.73. The second-order valence-electron chi connectivity index (χ2n) is 4.09. The fraction of sp³-hybridized carbons (Fsp3) is 0.417. The van der Waals surface area contributed by atoms with Crippen LogP contribution in [0.3, 0.4) is 0 Å². The summed E-state index contributed by atoms with van der Waals surface area (Å²) in [6.45, 7) is 2.20. The van der Waals surface area contributed by atoms with E-state index in [0.717, 1.165) is 10.2 Å². The maximum atomic E-state index is 10.0. The van der Waals surface area contributed by atoms with Gasteiger partial charge in [0.15, 0.2) is 0 Å². The van der Waals surface area contributed by atoms with E-state index >= 15 is 0 Å². The smallest absolute Gasteiger partial charge is 0.101 e. The molecular formula is C12H15BrN2OS. The van der Waals surface area contributed by atoms with Gasteiger partial charge < -0.3 is 10.4 Å². The van der Waals surface area contributed by atoms with Gasteiger partial charge in [-0.1, -0.05) is 15.9 Å². The summed E-state index contributed by atoms with van der Waals surface area (Å²) in [6.07, 6.45) is 1.95. The second-order valence-corrected chi connectivity index (χ2v) is 5.87. The summed E-state index contributed by atoms with van der Waals surface area (Å²) < 4.78 is 0.871. The molecule has 1 atom stereocenters. The SMILES string of the molecule is CSC[C@@](C)(O)CNc1ccc(Br)cc1C#N. The summed E-state index contributed by atoms with van der Waals surface area (Å²) >= 11 is 4.91. The molecule has 0 amide bonds. The molecular weight excluding hydrogens is 300 g/mol. The Labute approximate surface area is 114 Å². The maximum absolute atomic E-state index is 10.0. The third-order valence-corrected chi connectivity index (χ3v) is 3.62. The van der Waals surface area contributed by atoms with Gasteiger partial charge in [0.25, 0.3) is 0 Å². The number of halogens is 1. The number of hydrogen-bond acceptors (Lipinski definition) is 4. The number of nitrogens with one attached hydrogen (secondary N) is 1. The summed E-state index contributed by atoms with van der Waals surface area (Å²) in [5.74, 6) is 0.651. The molecule has 5 heteroatoms. The standard InChI is InChI=1S/C12H15BrN2OS/c1-12(16,8-17-2)7-15-11-4-3-10(13)5-9(11)6-14/h3-5,15-16H,7-8H2,1-2H3/t12-/m0/s1. The number of rotatable bonds is 5. The predicted molar refractivity (Wildman–Crippen MR) is 76.4 cm³/mol. The van der Waals surface area contributed by atoms with E-state index in [0.29, 0.717) is 17.9 Å². The molecule has 0 fully saturated rings. The Morgan fingerprint density at radius 3 is 2.88 bits per heavy atom. The van der Waals surface area contributed by atoms with Crippen LogP contribution in [0.5, 0.6) is 0 Å². The number of benzene rings is 1. The number of aliphatic hydroxyl groups is 1. The summed E-state index contributed by atoms with van der Waals surface area (Å²) in [5.41, 5.74) is 0.538. The quantitative estimate of drug-likeness (QED) is 0.877. The van der Waals surface area contributed by atoms with Gasteiger partial charge in [0.05, 0.1) is 16.9 Å². The van der Waals surface area contributed by atoms with Crippen LogP contribution in [0.2, 0.25) is 0 Å². The highest BCUT2D eigenvalue weighted by Gasteiger charge is 2.19. The molecule has 0 aliphatic rings. The minimum absolute atomic E-state index is 0.421. The molecule has 0 unspecified atom stereocenters. The third-order valence-electron chi connectivity index (χ3n) is 2.22. The van der Waals surface area contributed by atoms with Gasteiger partial charge in [-0.3, -0.25) is 0 Å². The van der Waals surface area contributed by atoms with E-state index in [9.17, 15) is 5.11 Å². The number of hydrogen-bond donors (Lipinski definition) is 2. The van der Waals surface area contributed by atoms with E-state index in [1.54, 1.807) is 24.8 Å². The normalized spacial score (nSPS) is 13.8. The van der Waals surface area contributed by atoms with Gasteiger partial charge in [-0.15, -0.1) is 0 Å². The van der Waals surface area contributed by atoms with Crippen molar-refractivity contribution >= 4 is 33.4 Å². The van der Waals surface area contributed by atoms with E-state index in [4.69, 9.17) is 5.26 Å². The van der Waals surface area contributed by atoms with E-state index in [2.05, 4.69) is 27.3 Å². The zero-order valence-corrected chi connectivity index (χ0v) is 12.2. The first-order chi connectivity index (χ1) is 7.98. The molecule has 0 aliphatic carbocycles. The van der Waals surface area contributed by atoms with Gasteiger partial charge in [0.2, 0.25) is 0 Å². The van der Waals surface area contributed by atoms with Crippen molar-refractivity contribution in [1.29, 1.82) is 5.26 Å². The summed E-state index contributed by atoms with van der Waals surface area (Å²) in [4.78, 5) is 0. The van der Waals surface area contributed by atoms with Crippen molar-refractivity contribution < 1.29 is 5.11 Å². The Morgan fingerprint density at radius 2 is 2.29 bits per heavy atom. The van der Waals surface area contributed by atoms with Crippen molar-refractivity contribution in [2.75, 3.05) is 23.9 Å². The molecule has 1 aromatic carbocycles. The van der Waals surface area contributed by atoms with Crippen LogP contribution < -0.4 is 5.32 Å². The largest absolute Gasteiger partial charge is 0.387 e. The van der Waals surface area contributed by atoms with Crippen molar-refractivity contribution in [3.63, 3.8) is 0 Å². The highest BCUT2D eigenvalue weighted by Crippen LogP contribution is 2.21. The van der Waals surface area contributed by atoms with Gasteiger partial charge in [-0.2, -0.15) is 17.0 Å². The van der Waals surface area contributed by atoms with Crippen LogP contribution in [-0.4, -0.2) is 29.3 Å². The second kappa shape index (κ2) is 6.29. The molecule has 2 N–H and O–H groups in total. The molecule has 92 valence electrons. The van der Waals surface area contributed by atoms with Crippen LogP contribution in [0, 0.1) is 11.3 Å². The van der Waals surface area contributed by atoms with Crippen LogP contribution in [-0.2, 0) is 0 Å². The minimum Gasteiger partial charge on any atom is -0.387 e. The van der Waals surface area contributed by atoms with Crippen molar-refractivity contribution in [2.24, 2.45) is 0 Å². The molecule has 0 saturated carbocycles. The highest BCUT2D eigenvalue weighted by molar-refractivity contribution is 9.10. The third kappa shape index (κ3) is 4.58. The van der Waals surface area contributed by atoms with Crippen molar-refractivity contribution in [3.05, 3.63) is 28.2 Å². The zero-order valence-electron chi connectivity index (χ0n) is 9.83. The lowest BCUT2D eigenvalue weighted by molar-refractivity contribution is 0.0997. The number of thioether (sulfide) groups is 1. The lowest BCUT2D eigenvalue weighted by Crippen LogP contribution is -2.36. The topological polar surface area (TPSA) is 56.0 Å². The van der Waals surface area contributed by atoms with Gasteiger partial charge in [-0.05, 0) is 31.4 Å². The Hall–Kier alpha value is -0.700. The number of anilines is 1. The average molecular weight is 315 g/mol. The molecule has 0 saturated heterocycles. The molecule has 0 bridgehead atoms. The van der Waals surface area contributed by atoms with Crippen molar-refractivity contribution in [3.8, 4) is 6.07 Å². The molecule has 1 rings (SSSR count). The van der Waals surface area contributed by atoms with Gasteiger partial charge in [0, 0.05) is 16.8 Å². The van der Waals surface area contributed by atoms with Crippen molar-refractivity contribution in [2.45, 2.75) is 12.5 Å². The molecule has 0 aliphatic heterocycles. The summed E-state index contributed by atoms with van der Waals surface area (Å²) in [6, 6.07) is 7.58. The van der Waals surface area contributed by atoms with Crippen LogP contribution >= 0.6 is 27.7 Å². The summed E-state index contributed by atoms with van der Waals surface area (Å²) in [7, 11) is 0. The zero-order chi connectivity index (χ0) is 12.9. The number of nitriles is 1. The Kier molecular flexibility index (Phi) is 5.31. The number of nitrogens with zero attached hydrogens (tertiary/aromatic N) is 1.